The number of ether oxygens (including phenoxy) is 2. The number of carbonyl (C=O) groups excluding carboxylic acids is 2. The highest BCUT2D eigenvalue weighted by molar-refractivity contribution is 5.90. The fourth-order valence-corrected chi connectivity index (χ4v) is 2.32. The summed E-state index contributed by atoms with van der Waals surface area (Å²) in [6.45, 7) is 1.42. The first kappa shape index (κ1) is 23.8. The molecule has 2 aromatic carbocycles. The van der Waals surface area contributed by atoms with E-state index >= 15 is 0 Å². The second-order valence-corrected chi connectivity index (χ2v) is 6.25. The van der Waals surface area contributed by atoms with Gasteiger partial charge in [0.2, 0.25) is 0 Å². The summed E-state index contributed by atoms with van der Waals surface area (Å²) in [6.07, 6.45) is -6.23. The van der Waals surface area contributed by atoms with Crippen LogP contribution in [0.4, 0.5) is 34.1 Å². The molecule has 1 atom stereocenters. The average molecular weight is 441 g/mol. The highest BCUT2D eigenvalue weighted by Gasteiger charge is 2.30. The lowest BCUT2D eigenvalue weighted by molar-refractivity contribution is -0.137. The molecule has 0 aliphatic heterocycles. The highest BCUT2D eigenvalue weighted by atomic mass is 19.4. The van der Waals surface area contributed by atoms with Gasteiger partial charge in [-0.15, -0.1) is 0 Å². The third kappa shape index (κ3) is 8.42. The van der Waals surface area contributed by atoms with Crippen molar-refractivity contribution in [1.29, 1.82) is 0 Å². The maximum atomic E-state index is 12.7. The number of urea groups is 1. The first-order valence-corrected chi connectivity index (χ1v) is 9.24. The van der Waals surface area contributed by atoms with Crippen molar-refractivity contribution in [3.05, 3.63) is 54.1 Å². The van der Waals surface area contributed by atoms with Crippen LogP contribution in [0.1, 0.15) is 12.5 Å². The fourth-order valence-electron chi connectivity index (χ4n) is 2.32. The van der Waals surface area contributed by atoms with Crippen molar-refractivity contribution in [2.24, 2.45) is 0 Å². The SMILES string of the molecule is CCOC(=O)Nc1ccc(NC(=O)NC[C@H](O)COc2cccc(C(F)(F)F)c2)cc1. The molecule has 3 amide bonds. The number of rotatable bonds is 8. The Morgan fingerprint density at radius 3 is 2.32 bits per heavy atom. The maximum absolute atomic E-state index is 12.7. The Balaban J connectivity index is 1.74. The normalized spacial score (nSPS) is 11.9. The molecule has 0 radical (unpaired) electrons. The molecule has 168 valence electrons. The molecule has 8 nitrogen and oxygen atoms in total. The molecule has 0 aromatic heterocycles. The van der Waals surface area contributed by atoms with Gasteiger partial charge in [-0.1, -0.05) is 6.07 Å². The Morgan fingerprint density at radius 2 is 1.71 bits per heavy atom. The molecule has 0 fully saturated rings. The van der Waals surface area contributed by atoms with Gasteiger partial charge >= 0.3 is 18.3 Å². The zero-order chi connectivity index (χ0) is 22.9. The smallest absolute Gasteiger partial charge is 0.416 e. The molecule has 4 N–H and O–H groups in total. The molecule has 0 heterocycles. The van der Waals surface area contributed by atoms with E-state index in [1.165, 1.54) is 12.1 Å². The van der Waals surface area contributed by atoms with Crippen molar-refractivity contribution in [2.75, 3.05) is 30.4 Å². The van der Waals surface area contributed by atoms with Gasteiger partial charge in [-0.2, -0.15) is 13.2 Å². The lowest BCUT2D eigenvalue weighted by Gasteiger charge is -2.15. The third-order valence-corrected chi connectivity index (χ3v) is 3.77. The number of anilines is 2. The van der Waals surface area contributed by atoms with E-state index in [1.807, 2.05) is 0 Å². The van der Waals surface area contributed by atoms with Gasteiger partial charge in [0.15, 0.2) is 0 Å². The highest BCUT2D eigenvalue weighted by Crippen LogP contribution is 2.31. The largest absolute Gasteiger partial charge is 0.491 e. The minimum atomic E-state index is -4.50. The Bertz CT molecular complexity index is 875. The number of nitrogens with one attached hydrogen (secondary N) is 3. The van der Waals surface area contributed by atoms with Crippen LogP contribution in [-0.4, -0.2) is 43.1 Å². The molecule has 0 unspecified atom stereocenters. The number of alkyl halides is 3. The van der Waals surface area contributed by atoms with Gasteiger partial charge in [-0.3, -0.25) is 5.32 Å². The molecule has 0 aliphatic carbocycles. The summed E-state index contributed by atoms with van der Waals surface area (Å²) < 4.78 is 47.9. The van der Waals surface area contributed by atoms with Gasteiger partial charge in [-0.05, 0) is 49.4 Å². The molecule has 0 saturated heterocycles. The van der Waals surface area contributed by atoms with Crippen molar-refractivity contribution in [1.82, 2.24) is 5.32 Å². The second-order valence-electron chi connectivity index (χ2n) is 6.25. The van der Waals surface area contributed by atoms with E-state index in [4.69, 9.17) is 9.47 Å². The zero-order valence-corrected chi connectivity index (χ0v) is 16.5. The quantitative estimate of drug-likeness (QED) is 0.498. The van der Waals surface area contributed by atoms with Crippen molar-refractivity contribution >= 4 is 23.5 Å². The second kappa shape index (κ2) is 11.1. The average Bonchev–Trinajstić information content (AvgIpc) is 2.72. The van der Waals surface area contributed by atoms with E-state index in [0.717, 1.165) is 12.1 Å². The molecular weight excluding hydrogens is 419 g/mol. The Morgan fingerprint density at radius 1 is 1.06 bits per heavy atom. The third-order valence-electron chi connectivity index (χ3n) is 3.77. The molecule has 0 aliphatic rings. The van der Waals surface area contributed by atoms with Gasteiger partial charge < -0.3 is 25.2 Å². The Kier molecular flexibility index (Phi) is 8.50. The van der Waals surface area contributed by atoms with Crippen LogP contribution in [0.2, 0.25) is 0 Å². The van der Waals surface area contributed by atoms with Crippen molar-refractivity contribution in [3.63, 3.8) is 0 Å². The minimum absolute atomic E-state index is 0.0464. The van der Waals surface area contributed by atoms with Crippen LogP contribution in [0.5, 0.6) is 5.75 Å². The van der Waals surface area contributed by atoms with E-state index in [9.17, 15) is 27.9 Å². The molecule has 11 heteroatoms. The Labute approximate surface area is 176 Å². The lowest BCUT2D eigenvalue weighted by atomic mass is 10.2. The van der Waals surface area contributed by atoms with E-state index in [-0.39, 0.29) is 25.5 Å². The van der Waals surface area contributed by atoms with Crippen LogP contribution in [0.25, 0.3) is 0 Å². The van der Waals surface area contributed by atoms with E-state index in [1.54, 1.807) is 31.2 Å². The number of amides is 3. The molecule has 2 aromatic rings. The molecule has 2 rings (SSSR count). The number of aliphatic hydroxyl groups excluding tert-OH is 1. The standard InChI is InChI=1S/C20H22F3N3O5/c1-2-30-19(29)26-15-8-6-14(7-9-15)25-18(28)24-11-16(27)12-31-17-5-3-4-13(10-17)20(21,22)23/h3-10,16,27H,2,11-12H2,1H3,(H,26,29)(H2,24,25,28)/t16-/m0/s1. The Hall–Kier alpha value is -3.47. The molecular formula is C20H22F3N3O5. The first-order valence-electron chi connectivity index (χ1n) is 9.24. The van der Waals surface area contributed by atoms with Crippen molar-refractivity contribution in [3.8, 4) is 5.75 Å². The van der Waals surface area contributed by atoms with Gasteiger partial charge in [0.1, 0.15) is 18.5 Å². The van der Waals surface area contributed by atoms with Crippen molar-refractivity contribution < 1.29 is 37.3 Å². The number of hydrogen-bond donors (Lipinski definition) is 4. The summed E-state index contributed by atoms with van der Waals surface area (Å²) >= 11 is 0. The predicted octanol–water partition coefficient (Wildman–Crippen LogP) is 3.84. The topological polar surface area (TPSA) is 109 Å². The van der Waals surface area contributed by atoms with E-state index in [0.29, 0.717) is 11.4 Å². The summed E-state index contributed by atoms with van der Waals surface area (Å²) in [5.74, 6) is -0.0464. The molecule has 0 bridgehead atoms. The van der Waals surface area contributed by atoms with Crippen LogP contribution in [-0.2, 0) is 10.9 Å². The summed E-state index contributed by atoms with van der Waals surface area (Å²) in [5.41, 5.74) is 0.0497. The van der Waals surface area contributed by atoms with Crippen LogP contribution >= 0.6 is 0 Å². The predicted molar refractivity (Wildman–Crippen MR) is 107 cm³/mol. The number of aliphatic hydroxyl groups is 1. The summed E-state index contributed by atoms with van der Waals surface area (Å²) in [5, 5.41) is 17.3. The minimum Gasteiger partial charge on any atom is -0.491 e. The number of hydrogen-bond acceptors (Lipinski definition) is 5. The molecule has 0 saturated carbocycles. The number of benzene rings is 2. The van der Waals surface area contributed by atoms with Crippen LogP contribution in [0.15, 0.2) is 48.5 Å². The van der Waals surface area contributed by atoms with Crippen LogP contribution < -0.4 is 20.7 Å². The first-order chi connectivity index (χ1) is 14.7. The maximum Gasteiger partial charge on any atom is 0.416 e. The van der Waals surface area contributed by atoms with Gasteiger partial charge in [0, 0.05) is 17.9 Å². The van der Waals surface area contributed by atoms with Crippen LogP contribution in [0.3, 0.4) is 0 Å². The van der Waals surface area contributed by atoms with Gasteiger partial charge in [0.25, 0.3) is 0 Å². The lowest BCUT2D eigenvalue weighted by Crippen LogP contribution is -2.37. The molecule has 0 spiro atoms. The monoisotopic (exact) mass is 441 g/mol. The number of carbonyl (C=O) groups is 2. The molecule has 31 heavy (non-hydrogen) atoms. The number of halogens is 3. The fraction of sp³-hybridized carbons (Fsp3) is 0.300. The van der Waals surface area contributed by atoms with Gasteiger partial charge in [-0.25, -0.2) is 9.59 Å². The van der Waals surface area contributed by atoms with Gasteiger partial charge in [0.05, 0.1) is 12.2 Å². The summed E-state index contributed by atoms with van der Waals surface area (Å²) in [7, 11) is 0. The van der Waals surface area contributed by atoms with Crippen LogP contribution in [0, 0.1) is 0 Å². The summed E-state index contributed by atoms with van der Waals surface area (Å²) in [4.78, 5) is 23.2. The van der Waals surface area contributed by atoms with Crippen molar-refractivity contribution in [2.45, 2.75) is 19.2 Å². The summed E-state index contributed by atoms with van der Waals surface area (Å²) in [6, 6.07) is 9.88. The van der Waals surface area contributed by atoms with E-state index in [2.05, 4.69) is 16.0 Å². The van der Waals surface area contributed by atoms with E-state index < -0.39 is 30.0 Å². The zero-order valence-electron chi connectivity index (χ0n) is 16.5.